The van der Waals surface area contributed by atoms with Gasteiger partial charge in [0.1, 0.15) is 0 Å². The molecule has 0 aliphatic carbocycles. The Morgan fingerprint density at radius 3 is 2.42 bits per heavy atom. The second kappa shape index (κ2) is 12.8. The van der Waals surface area contributed by atoms with Crippen molar-refractivity contribution >= 4 is 39.6 Å². The highest BCUT2D eigenvalue weighted by Gasteiger charge is 2.10. The number of halogens is 1. The molecular weight excluding hydrogens is 462 g/mol. The molecule has 0 unspecified atom stereocenters. The van der Waals surface area contributed by atoms with Crippen molar-refractivity contribution in [2.24, 2.45) is 0 Å². The van der Waals surface area contributed by atoms with Crippen LogP contribution >= 0.6 is 15.9 Å². The van der Waals surface area contributed by atoms with Crippen LogP contribution in [-0.2, 0) is 9.53 Å². The third kappa shape index (κ3) is 7.75. The molecule has 0 bridgehead atoms. The number of rotatable bonds is 11. The van der Waals surface area contributed by atoms with Gasteiger partial charge in [-0.15, -0.1) is 0 Å². The van der Waals surface area contributed by atoms with Gasteiger partial charge >= 0.3 is 5.97 Å². The topological polar surface area (TPSA) is 73.9 Å². The summed E-state index contributed by atoms with van der Waals surface area (Å²) in [4.78, 5) is 24.3. The fourth-order valence-corrected chi connectivity index (χ4v) is 3.48. The quantitative estimate of drug-likeness (QED) is 0.243. The smallest absolute Gasteiger partial charge is 0.338 e. The molecule has 166 valence electrons. The molecule has 2 aromatic rings. The van der Waals surface area contributed by atoms with E-state index in [2.05, 4.69) is 28.2 Å². The van der Waals surface area contributed by atoms with Crippen LogP contribution in [0.3, 0.4) is 0 Å². The Balaban J connectivity index is 1.91. The van der Waals surface area contributed by atoms with Crippen LogP contribution in [0.5, 0.6) is 11.5 Å². The second-order valence-electron chi connectivity index (χ2n) is 6.83. The molecule has 31 heavy (non-hydrogen) atoms. The second-order valence-corrected chi connectivity index (χ2v) is 7.69. The summed E-state index contributed by atoms with van der Waals surface area (Å²) in [6.07, 6.45) is 7.31. The maximum atomic E-state index is 12.2. The number of amides is 1. The highest BCUT2D eigenvalue weighted by atomic mass is 79.9. The Labute approximate surface area is 191 Å². The van der Waals surface area contributed by atoms with Crippen LogP contribution in [0, 0.1) is 0 Å². The van der Waals surface area contributed by atoms with Crippen LogP contribution in [0.2, 0.25) is 0 Å². The summed E-state index contributed by atoms with van der Waals surface area (Å²) in [5.41, 5.74) is 1.82. The molecule has 0 atom stereocenters. The molecule has 2 rings (SSSR count). The summed E-state index contributed by atoms with van der Waals surface area (Å²) in [6, 6.07) is 10.2. The van der Waals surface area contributed by atoms with E-state index in [0.717, 1.165) is 35.7 Å². The number of nitrogens with one attached hydrogen (secondary N) is 1. The molecule has 0 aliphatic heterocycles. The number of carbonyl (C=O) groups excluding carboxylic acids is 2. The Hall–Kier alpha value is -2.80. The van der Waals surface area contributed by atoms with Crippen molar-refractivity contribution in [2.45, 2.75) is 32.6 Å². The van der Waals surface area contributed by atoms with Gasteiger partial charge in [-0.3, -0.25) is 4.79 Å². The van der Waals surface area contributed by atoms with Gasteiger partial charge in [0.15, 0.2) is 11.5 Å². The fraction of sp³-hybridized carbons (Fsp3) is 0.333. The molecule has 0 aromatic heterocycles. The van der Waals surface area contributed by atoms with Crippen molar-refractivity contribution in [3.05, 3.63) is 58.1 Å². The summed E-state index contributed by atoms with van der Waals surface area (Å²) >= 11 is 3.43. The summed E-state index contributed by atoms with van der Waals surface area (Å²) in [5.74, 6) is 0.499. The first kappa shape index (κ1) is 24.5. The number of hydrogen-bond donors (Lipinski definition) is 1. The van der Waals surface area contributed by atoms with Crippen molar-refractivity contribution in [3.63, 3.8) is 0 Å². The van der Waals surface area contributed by atoms with Gasteiger partial charge in [0, 0.05) is 11.8 Å². The van der Waals surface area contributed by atoms with Gasteiger partial charge in [0.2, 0.25) is 5.91 Å². The maximum Gasteiger partial charge on any atom is 0.338 e. The highest BCUT2D eigenvalue weighted by Crippen LogP contribution is 2.36. The normalized spacial score (nSPS) is 10.7. The van der Waals surface area contributed by atoms with Crippen molar-refractivity contribution in [2.75, 3.05) is 26.1 Å². The average Bonchev–Trinajstić information content (AvgIpc) is 2.77. The van der Waals surface area contributed by atoms with Crippen molar-refractivity contribution in [1.29, 1.82) is 0 Å². The first-order chi connectivity index (χ1) is 15.0. The third-order valence-corrected chi connectivity index (χ3v) is 5.09. The van der Waals surface area contributed by atoms with Gasteiger partial charge < -0.3 is 19.5 Å². The van der Waals surface area contributed by atoms with E-state index < -0.39 is 0 Å². The van der Waals surface area contributed by atoms with Gasteiger partial charge in [0.05, 0.1) is 30.9 Å². The number of ether oxygens (including phenoxy) is 3. The molecule has 2 aromatic carbocycles. The van der Waals surface area contributed by atoms with Crippen LogP contribution in [-0.4, -0.2) is 32.7 Å². The van der Waals surface area contributed by atoms with Gasteiger partial charge in [-0.1, -0.05) is 26.2 Å². The number of carbonyl (C=O) groups is 2. The van der Waals surface area contributed by atoms with E-state index in [4.69, 9.17) is 14.2 Å². The lowest BCUT2D eigenvalue weighted by molar-refractivity contribution is -0.111. The monoisotopic (exact) mass is 489 g/mol. The van der Waals surface area contributed by atoms with E-state index >= 15 is 0 Å². The van der Waals surface area contributed by atoms with Crippen LogP contribution in [0.15, 0.2) is 46.9 Å². The van der Waals surface area contributed by atoms with Crippen LogP contribution in [0.4, 0.5) is 5.69 Å². The van der Waals surface area contributed by atoms with E-state index in [1.807, 2.05) is 6.07 Å². The molecule has 0 aliphatic rings. The first-order valence-electron chi connectivity index (χ1n) is 10.2. The number of esters is 1. The Kier molecular flexibility index (Phi) is 10.1. The largest absolute Gasteiger partial charge is 0.493 e. The number of hydrogen-bond acceptors (Lipinski definition) is 5. The van der Waals surface area contributed by atoms with Gasteiger partial charge in [-0.05, 0) is 70.4 Å². The summed E-state index contributed by atoms with van der Waals surface area (Å²) in [7, 11) is 3.11. The van der Waals surface area contributed by atoms with E-state index in [9.17, 15) is 9.59 Å². The van der Waals surface area contributed by atoms with Crippen molar-refractivity contribution < 1.29 is 23.8 Å². The van der Waals surface area contributed by atoms with Crippen molar-refractivity contribution in [1.82, 2.24) is 0 Å². The van der Waals surface area contributed by atoms with E-state index in [0.29, 0.717) is 29.4 Å². The minimum absolute atomic E-state index is 0.294. The Morgan fingerprint density at radius 2 is 1.77 bits per heavy atom. The summed E-state index contributed by atoms with van der Waals surface area (Å²) in [6.45, 7) is 2.56. The molecule has 0 heterocycles. The molecule has 1 N–H and O–H groups in total. The predicted molar refractivity (Wildman–Crippen MR) is 126 cm³/mol. The number of unbranched alkanes of at least 4 members (excludes halogenated alkanes) is 3. The molecule has 0 radical (unpaired) electrons. The molecule has 1 amide bonds. The first-order valence-corrected chi connectivity index (χ1v) is 11.0. The molecule has 6 nitrogen and oxygen atoms in total. The average molecular weight is 490 g/mol. The van der Waals surface area contributed by atoms with Crippen LogP contribution in [0.25, 0.3) is 6.08 Å². The Bertz CT molecular complexity index is 909. The number of methoxy groups -OCH3 is 2. The zero-order valence-corrected chi connectivity index (χ0v) is 19.7. The number of benzene rings is 2. The molecule has 0 fully saturated rings. The highest BCUT2D eigenvalue weighted by molar-refractivity contribution is 9.10. The molecule has 7 heteroatoms. The van der Waals surface area contributed by atoms with E-state index in [1.165, 1.54) is 6.08 Å². The maximum absolute atomic E-state index is 12.2. The Morgan fingerprint density at radius 1 is 1.03 bits per heavy atom. The zero-order valence-electron chi connectivity index (χ0n) is 18.1. The zero-order chi connectivity index (χ0) is 22.6. The minimum Gasteiger partial charge on any atom is -0.493 e. The molecular formula is C24H28BrNO5. The SMILES string of the molecule is CCCCCCOC(=O)c1ccc(NC(=O)/C=C/c2cc(Br)c(OC)c(OC)c2)cc1. The van der Waals surface area contributed by atoms with Crippen LogP contribution in [0.1, 0.15) is 48.5 Å². The molecule has 0 spiro atoms. The van der Waals surface area contributed by atoms with Crippen molar-refractivity contribution in [3.8, 4) is 11.5 Å². The van der Waals surface area contributed by atoms with Crippen LogP contribution < -0.4 is 14.8 Å². The van der Waals surface area contributed by atoms with Gasteiger partial charge in [-0.2, -0.15) is 0 Å². The molecule has 0 saturated heterocycles. The third-order valence-electron chi connectivity index (χ3n) is 4.50. The van der Waals surface area contributed by atoms with Gasteiger partial charge in [-0.25, -0.2) is 4.79 Å². The van der Waals surface area contributed by atoms with Gasteiger partial charge in [0.25, 0.3) is 0 Å². The summed E-state index contributed by atoms with van der Waals surface area (Å²) in [5, 5.41) is 2.76. The number of anilines is 1. The lowest BCUT2D eigenvalue weighted by Gasteiger charge is -2.10. The fourth-order valence-electron chi connectivity index (χ4n) is 2.86. The lowest BCUT2D eigenvalue weighted by atomic mass is 10.2. The summed E-state index contributed by atoms with van der Waals surface area (Å²) < 4.78 is 16.6. The lowest BCUT2D eigenvalue weighted by Crippen LogP contribution is -2.09. The standard InChI is InChI=1S/C24H28BrNO5/c1-4-5-6-7-14-31-24(28)18-9-11-19(12-10-18)26-22(27)13-8-17-15-20(25)23(30-3)21(16-17)29-2/h8-13,15-16H,4-7,14H2,1-3H3,(H,26,27)/b13-8+. The minimum atomic E-state index is -0.353. The van der Waals surface area contributed by atoms with E-state index in [-0.39, 0.29) is 11.9 Å². The molecule has 0 saturated carbocycles. The van der Waals surface area contributed by atoms with E-state index in [1.54, 1.807) is 50.6 Å². The predicted octanol–water partition coefficient (Wildman–Crippen LogP) is 5.86.